The highest BCUT2D eigenvalue weighted by Gasteiger charge is 2.34. The second kappa shape index (κ2) is 4.64. The van der Waals surface area contributed by atoms with Crippen LogP contribution in [0.25, 0.3) is 0 Å². The molecular weight excluding hydrogens is 234 g/mol. The topological polar surface area (TPSA) is 12.0 Å². The largest absolute Gasteiger partial charge is 0.419 e. The maximum absolute atomic E-state index is 13.0. The number of nitrogens with one attached hydrogen (secondary N) is 1. The van der Waals surface area contributed by atoms with Gasteiger partial charge >= 0.3 is 6.18 Å². The Hall–Kier alpha value is -1.10. The normalized spacial score (nSPS) is 20.8. The molecule has 0 saturated carbocycles. The van der Waals surface area contributed by atoms with Crippen LogP contribution in [0, 0.1) is 11.7 Å². The van der Waals surface area contributed by atoms with Gasteiger partial charge in [-0.25, -0.2) is 4.39 Å². The van der Waals surface area contributed by atoms with Crippen molar-refractivity contribution in [2.24, 2.45) is 5.92 Å². The molecule has 0 radical (unpaired) electrons. The van der Waals surface area contributed by atoms with Crippen LogP contribution in [0.3, 0.4) is 0 Å². The number of benzene rings is 1. The van der Waals surface area contributed by atoms with E-state index in [1.54, 1.807) is 0 Å². The Morgan fingerprint density at radius 3 is 2.65 bits per heavy atom. The standard InChI is InChI=1S/C12H13F4N/c13-11-2-1-8(5-9-3-4-17-7-9)6-10(11)12(14,15)16/h1-2,6,9,17H,3-5,7H2. The highest BCUT2D eigenvalue weighted by Crippen LogP contribution is 2.32. The zero-order chi connectivity index (χ0) is 12.5. The van der Waals surface area contributed by atoms with Gasteiger partial charge < -0.3 is 5.32 Å². The van der Waals surface area contributed by atoms with Crippen LogP contribution >= 0.6 is 0 Å². The number of halogens is 4. The van der Waals surface area contributed by atoms with Gasteiger partial charge in [-0.1, -0.05) is 6.07 Å². The molecule has 0 bridgehead atoms. The van der Waals surface area contributed by atoms with Gasteiger partial charge in [-0.15, -0.1) is 0 Å². The molecule has 0 spiro atoms. The smallest absolute Gasteiger partial charge is 0.316 e. The third-order valence-corrected chi connectivity index (χ3v) is 3.02. The molecule has 1 N–H and O–H groups in total. The van der Waals surface area contributed by atoms with Gasteiger partial charge in [-0.3, -0.25) is 0 Å². The maximum atomic E-state index is 13.0. The van der Waals surface area contributed by atoms with Crippen molar-refractivity contribution in [1.82, 2.24) is 5.32 Å². The summed E-state index contributed by atoms with van der Waals surface area (Å²) >= 11 is 0. The maximum Gasteiger partial charge on any atom is 0.419 e. The van der Waals surface area contributed by atoms with Crippen molar-refractivity contribution in [3.63, 3.8) is 0 Å². The molecule has 2 rings (SSSR count). The molecule has 5 heteroatoms. The minimum atomic E-state index is -4.62. The van der Waals surface area contributed by atoms with Gasteiger partial charge in [-0.05, 0) is 49.5 Å². The Morgan fingerprint density at radius 2 is 2.06 bits per heavy atom. The average Bonchev–Trinajstić information content (AvgIpc) is 2.72. The molecule has 1 unspecified atom stereocenters. The van der Waals surface area contributed by atoms with Crippen molar-refractivity contribution < 1.29 is 17.6 Å². The van der Waals surface area contributed by atoms with E-state index in [1.165, 1.54) is 6.07 Å². The second-order valence-corrected chi connectivity index (χ2v) is 4.37. The monoisotopic (exact) mass is 247 g/mol. The molecule has 1 aliphatic heterocycles. The Balaban J connectivity index is 2.18. The van der Waals surface area contributed by atoms with Crippen molar-refractivity contribution >= 4 is 0 Å². The summed E-state index contributed by atoms with van der Waals surface area (Å²) in [7, 11) is 0. The summed E-state index contributed by atoms with van der Waals surface area (Å²) in [6.45, 7) is 1.72. The predicted molar refractivity (Wildman–Crippen MR) is 56.1 cm³/mol. The Bertz CT molecular complexity index is 394. The van der Waals surface area contributed by atoms with E-state index in [2.05, 4.69) is 5.32 Å². The fraction of sp³-hybridized carbons (Fsp3) is 0.500. The molecule has 1 aromatic rings. The van der Waals surface area contributed by atoms with E-state index in [0.29, 0.717) is 17.9 Å². The van der Waals surface area contributed by atoms with E-state index in [1.807, 2.05) is 0 Å². The van der Waals surface area contributed by atoms with Crippen molar-refractivity contribution in [2.45, 2.75) is 19.0 Å². The molecule has 0 aromatic heterocycles. The van der Waals surface area contributed by atoms with E-state index in [-0.39, 0.29) is 0 Å². The van der Waals surface area contributed by atoms with Gasteiger partial charge in [0.2, 0.25) is 0 Å². The Kier molecular flexibility index (Phi) is 3.38. The zero-order valence-corrected chi connectivity index (χ0v) is 9.15. The van der Waals surface area contributed by atoms with Crippen molar-refractivity contribution in [1.29, 1.82) is 0 Å². The highest BCUT2D eigenvalue weighted by molar-refractivity contribution is 5.27. The lowest BCUT2D eigenvalue weighted by Gasteiger charge is -2.12. The molecule has 1 aromatic carbocycles. The summed E-state index contributed by atoms with van der Waals surface area (Å²) in [6, 6.07) is 3.26. The molecule has 1 saturated heterocycles. The van der Waals surface area contributed by atoms with Crippen LogP contribution in [0.15, 0.2) is 18.2 Å². The van der Waals surface area contributed by atoms with Gasteiger partial charge in [0.15, 0.2) is 0 Å². The number of rotatable bonds is 2. The predicted octanol–water partition coefficient (Wildman–Crippen LogP) is 3.00. The van der Waals surface area contributed by atoms with Crippen LogP contribution < -0.4 is 5.32 Å². The minimum absolute atomic E-state index is 0.349. The van der Waals surface area contributed by atoms with E-state index in [4.69, 9.17) is 0 Å². The van der Waals surface area contributed by atoms with Crippen LogP contribution in [0.5, 0.6) is 0 Å². The number of alkyl halides is 3. The number of hydrogen-bond acceptors (Lipinski definition) is 1. The van der Waals surface area contributed by atoms with E-state index in [0.717, 1.165) is 31.6 Å². The van der Waals surface area contributed by atoms with Gasteiger partial charge in [-0.2, -0.15) is 13.2 Å². The summed E-state index contributed by atoms with van der Waals surface area (Å²) in [5.41, 5.74) is -0.617. The third kappa shape index (κ3) is 2.97. The van der Waals surface area contributed by atoms with Crippen molar-refractivity contribution in [3.8, 4) is 0 Å². The molecule has 17 heavy (non-hydrogen) atoms. The summed E-state index contributed by atoms with van der Waals surface area (Å²) < 4.78 is 50.5. The van der Waals surface area contributed by atoms with Gasteiger partial charge in [0.05, 0.1) is 5.56 Å². The Labute approximate surface area is 96.8 Å². The molecule has 1 nitrogen and oxygen atoms in total. The van der Waals surface area contributed by atoms with Crippen molar-refractivity contribution in [3.05, 3.63) is 35.1 Å². The van der Waals surface area contributed by atoms with Crippen LogP contribution in [0.4, 0.5) is 17.6 Å². The molecule has 0 amide bonds. The van der Waals surface area contributed by atoms with E-state index < -0.39 is 17.6 Å². The molecule has 1 heterocycles. The molecule has 94 valence electrons. The van der Waals surface area contributed by atoms with E-state index >= 15 is 0 Å². The first-order valence-electron chi connectivity index (χ1n) is 5.53. The number of hydrogen-bond donors (Lipinski definition) is 1. The first-order valence-corrected chi connectivity index (χ1v) is 5.53. The quantitative estimate of drug-likeness (QED) is 0.792. The average molecular weight is 247 g/mol. The lowest BCUT2D eigenvalue weighted by atomic mass is 9.97. The zero-order valence-electron chi connectivity index (χ0n) is 9.15. The SMILES string of the molecule is Fc1ccc(CC2CCNC2)cc1C(F)(F)F. The lowest BCUT2D eigenvalue weighted by Crippen LogP contribution is -2.12. The second-order valence-electron chi connectivity index (χ2n) is 4.37. The van der Waals surface area contributed by atoms with Crippen LogP contribution in [-0.2, 0) is 12.6 Å². The van der Waals surface area contributed by atoms with Crippen LogP contribution in [0.1, 0.15) is 17.5 Å². The van der Waals surface area contributed by atoms with Gasteiger partial charge in [0, 0.05) is 0 Å². The highest BCUT2D eigenvalue weighted by atomic mass is 19.4. The summed E-state index contributed by atoms with van der Waals surface area (Å²) in [4.78, 5) is 0. The minimum Gasteiger partial charge on any atom is -0.316 e. The fourth-order valence-electron chi connectivity index (χ4n) is 2.14. The molecule has 1 atom stereocenters. The molecule has 0 aliphatic carbocycles. The first kappa shape index (κ1) is 12.4. The van der Waals surface area contributed by atoms with Gasteiger partial charge in [0.25, 0.3) is 0 Å². The van der Waals surface area contributed by atoms with E-state index in [9.17, 15) is 17.6 Å². The molecular formula is C12H13F4N. The third-order valence-electron chi connectivity index (χ3n) is 3.02. The summed E-state index contributed by atoms with van der Waals surface area (Å²) in [6.07, 6.45) is -3.09. The lowest BCUT2D eigenvalue weighted by molar-refractivity contribution is -0.140. The first-order chi connectivity index (χ1) is 7.97. The molecule has 1 aliphatic rings. The van der Waals surface area contributed by atoms with Gasteiger partial charge in [0.1, 0.15) is 5.82 Å². The van der Waals surface area contributed by atoms with Crippen molar-refractivity contribution in [2.75, 3.05) is 13.1 Å². The molecule has 1 fully saturated rings. The Morgan fingerprint density at radius 1 is 1.29 bits per heavy atom. The van der Waals surface area contributed by atoms with Crippen LogP contribution in [-0.4, -0.2) is 13.1 Å². The summed E-state index contributed by atoms with van der Waals surface area (Å²) in [5, 5.41) is 3.15. The van der Waals surface area contributed by atoms with Crippen LogP contribution in [0.2, 0.25) is 0 Å². The summed E-state index contributed by atoms with van der Waals surface area (Å²) in [5.74, 6) is -0.854. The fourth-order valence-corrected chi connectivity index (χ4v) is 2.14.